The molecular formula is C14H23N5O2. The predicted molar refractivity (Wildman–Crippen MR) is 78.6 cm³/mol. The molecule has 116 valence electrons. The number of nitrogens with one attached hydrogen (secondary N) is 1. The van der Waals surface area contributed by atoms with Gasteiger partial charge in [0.1, 0.15) is 5.69 Å². The maximum absolute atomic E-state index is 12.3. The van der Waals surface area contributed by atoms with Crippen LogP contribution in [-0.2, 0) is 11.3 Å². The molecule has 1 fully saturated rings. The number of nitrogens with two attached hydrogens (primary N) is 1. The number of likely N-dealkylation sites (tertiary alicyclic amines) is 1. The van der Waals surface area contributed by atoms with Gasteiger partial charge in [0.2, 0.25) is 5.91 Å². The summed E-state index contributed by atoms with van der Waals surface area (Å²) in [5.74, 6) is 0.0424. The third-order valence-corrected chi connectivity index (χ3v) is 3.74. The number of imidazole rings is 1. The van der Waals surface area contributed by atoms with Crippen molar-refractivity contribution in [3.05, 3.63) is 18.2 Å². The molecule has 2 heterocycles. The molecule has 1 aliphatic heterocycles. The molecule has 3 N–H and O–H groups in total. The zero-order chi connectivity index (χ0) is 15.2. The molecule has 0 bridgehead atoms. The van der Waals surface area contributed by atoms with Crippen LogP contribution in [0.4, 0.5) is 0 Å². The number of nitrogens with zero attached hydrogens (tertiary/aromatic N) is 3. The van der Waals surface area contributed by atoms with E-state index in [1.807, 2.05) is 11.5 Å². The van der Waals surface area contributed by atoms with Crippen LogP contribution in [0, 0.1) is 5.92 Å². The highest BCUT2D eigenvalue weighted by Crippen LogP contribution is 2.18. The Kier molecular flexibility index (Phi) is 5.32. The molecule has 0 saturated carbocycles. The summed E-state index contributed by atoms with van der Waals surface area (Å²) in [5, 5.41) is 2.84. The van der Waals surface area contributed by atoms with Gasteiger partial charge in [0.25, 0.3) is 5.91 Å². The van der Waals surface area contributed by atoms with Gasteiger partial charge < -0.3 is 20.5 Å². The first-order valence-corrected chi connectivity index (χ1v) is 7.44. The summed E-state index contributed by atoms with van der Waals surface area (Å²) >= 11 is 0. The first kappa shape index (κ1) is 15.5. The van der Waals surface area contributed by atoms with Crippen molar-refractivity contribution >= 4 is 11.8 Å². The Balaban J connectivity index is 1.89. The van der Waals surface area contributed by atoms with E-state index in [9.17, 15) is 9.59 Å². The molecule has 0 unspecified atom stereocenters. The average Bonchev–Trinajstić information content (AvgIpc) is 2.96. The lowest BCUT2D eigenvalue weighted by atomic mass is 9.96. The molecule has 1 aliphatic rings. The van der Waals surface area contributed by atoms with Crippen molar-refractivity contribution < 1.29 is 9.59 Å². The lowest BCUT2D eigenvalue weighted by Crippen LogP contribution is -2.43. The second-order valence-electron chi connectivity index (χ2n) is 5.25. The van der Waals surface area contributed by atoms with Crippen LogP contribution in [0.3, 0.4) is 0 Å². The quantitative estimate of drug-likeness (QED) is 0.788. The molecule has 1 saturated heterocycles. The van der Waals surface area contributed by atoms with E-state index in [0.717, 1.165) is 0 Å². The van der Waals surface area contributed by atoms with Gasteiger partial charge in [-0.15, -0.1) is 0 Å². The van der Waals surface area contributed by atoms with Crippen LogP contribution in [0.2, 0.25) is 0 Å². The van der Waals surface area contributed by atoms with E-state index in [-0.39, 0.29) is 17.7 Å². The molecule has 2 rings (SSSR count). The highest BCUT2D eigenvalue weighted by Gasteiger charge is 2.28. The van der Waals surface area contributed by atoms with E-state index in [2.05, 4.69) is 10.3 Å². The summed E-state index contributed by atoms with van der Waals surface area (Å²) in [6.45, 7) is 4.93. The monoisotopic (exact) mass is 293 g/mol. The molecule has 0 atom stereocenters. The van der Waals surface area contributed by atoms with Gasteiger partial charge in [-0.05, 0) is 19.8 Å². The number of aromatic nitrogens is 2. The Morgan fingerprint density at radius 2 is 2.14 bits per heavy atom. The van der Waals surface area contributed by atoms with Crippen LogP contribution in [-0.4, -0.2) is 52.4 Å². The number of piperidine rings is 1. The van der Waals surface area contributed by atoms with Crippen LogP contribution in [0.1, 0.15) is 30.3 Å². The third kappa shape index (κ3) is 3.81. The Labute approximate surface area is 124 Å². The van der Waals surface area contributed by atoms with Crippen molar-refractivity contribution in [1.82, 2.24) is 19.8 Å². The Bertz CT molecular complexity index is 491. The van der Waals surface area contributed by atoms with Gasteiger partial charge in [-0.1, -0.05) is 0 Å². The zero-order valence-corrected chi connectivity index (χ0v) is 12.4. The van der Waals surface area contributed by atoms with Gasteiger partial charge in [0.15, 0.2) is 0 Å². The van der Waals surface area contributed by atoms with Crippen LogP contribution < -0.4 is 11.1 Å². The van der Waals surface area contributed by atoms with E-state index < -0.39 is 0 Å². The summed E-state index contributed by atoms with van der Waals surface area (Å²) in [6.07, 6.45) is 4.77. The van der Waals surface area contributed by atoms with Crippen LogP contribution in [0.25, 0.3) is 0 Å². The number of carbonyl (C=O) groups is 2. The number of rotatable bonds is 5. The molecule has 7 nitrogen and oxygen atoms in total. The summed E-state index contributed by atoms with van der Waals surface area (Å²) in [7, 11) is 0. The smallest absolute Gasteiger partial charge is 0.274 e. The van der Waals surface area contributed by atoms with Gasteiger partial charge >= 0.3 is 0 Å². The fraction of sp³-hybridized carbons (Fsp3) is 0.643. The summed E-state index contributed by atoms with van der Waals surface area (Å²) in [6, 6.07) is 0. The fourth-order valence-electron chi connectivity index (χ4n) is 2.57. The molecule has 0 aliphatic carbocycles. The minimum atomic E-state index is -0.0693. The van der Waals surface area contributed by atoms with Gasteiger partial charge in [-0.25, -0.2) is 4.98 Å². The van der Waals surface area contributed by atoms with Crippen LogP contribution in [0.5, 0.6) is 0 Å². The second kappa shape index (κ2) is 7.21. The number of hydrogen-bond acceptors (Lipinski definition) is 4. The number of hydrogen-bond donors (Lipinski definition) is 2. The molecule has 0 aromatic carbocycles. The Hall–Kier alpha value is -1.89. The molecule has 7 heteroatoms. The normalized spacial score (nSPS) is 16.0. The first-order valence-electron chi connectivity index (χ1n) is 7.44. The van der Waals surface area contributed by atoms with Gasteiger partial charge in [0.05, 0.1) is 6.33 Å². The summed E-state index contributed by atoms with van der Waals surface area (Å²) in [4.78, 5) is 30.0. The van der Waals surface area contributed by atoms with Gasteiger partial charge in [-0.2, -0.15) is 0 Å². The summed E-state index contributed by atoms with van der Waals surface area (Å²) < 4.78 is 1.81. The van der Waals surface area contributed by atoms with Crippen molar-refractivity contribution in [3.63, 3.8) is 0 Å². The van der Waals surface area contributed by atoms with E-state index in [1.165, 1.54) is 0 Å². The van der Waals surface area contributed by atoms with E-state index in [4.69, 9.17) is 5.73 Å². The van der Waals surface area contributed by atoms with Crippen LogP contribution in [0.15, 0.2) is 12.5 Å². The second-order valence-corrected chi connectivity index (χ2v) is 5.25. The van der Waals surface area contributed by atoms with E-state index in [1.54, 1.807) is 17.4 Å². The average molecular weight is 293 g/mol. The topological polar surface area (TPSA) is 93.2 Å². The maximum atomic E-state index is 12.3. The SMILES string of the molecule is CCNC(=O)C1CCN(C(=O)c2cn(CCN)cn2)CC1. The Morgan fingerprint density at radius 3 is 2.76 bits per heavy atom. The predicted octanol–water partition coefficient (Wildman–Crippen LogP) is -0.170. The lowest BCUT2D eigenvalue weighted by Gasteiger charge is -2.30. The number of amides is 2. The largest absolute Gasteiger partial charge is 0.356 e. The van der Waals surface area contributed by atoms with Crippen molar-refractivity contribution in [2.24, 2.45) is 11.7 Å². The van der Waals surface area contributed by atoms with Crippen molar-refractivity contribution in [2.75, 3.05) is 26.2 Å². The van der Waals surface area contributed by atoms with Crippen molar-refractivity contribution in [3.8, 4) is 0 Å². The Morgan fingerprint density at radius 1 is 1.43 bits per heavy atom. The summed E-state index contributed by atoms with van der Waals surface area (Å²) in [5.41, 5.74) is 5.92. The molecular weight excluding hydrogens is 270 g/mol. The fourth-order valence-corrected chi connectivity index (χ4v) is 2.57. The highest BCUT2D eigenvalue weighted by atomic mass is 16.2. The van der Waals surface area contributed by atoms with Gasteiger partial charge in [-0.3, -0.25) is 9.59 Å². The van der Waals surface area contributed by atoms with Crippen molar-refractivity contribution in [2.45, 2.75) is 26.3 Å². The zero-order valence-electron chi connectivity index (χ0n) is 12.4. The van der Waals surface area contributed by atoms with Crippen LogP contribution >= 0.6 is 0 Å². The minimum absolute atomic E-state index is 0.0174. The molecule has 0 spiro atoms. The third-order valence-electron chi connectivity index (χ3n) is 3.74. The number of carbonyl (C=O) groups excluding carboxylic acids is 2. The van der Waals surface area contributed by atoms with Gasteiger partial charge in [0, 0.05) is 44.8 Å². The first-order chi connectivity index (χ1) is 10.2. The minimum Gasteiger partial charge on any atom is -0.356 e. The van der Waals surface area contributed by atoms with E-state index >= 15 is 0 Å². The molecule has 21 heavy (non-hydrogen) atoms. The molecule has 1 aromatic heterocycles. The molecule has 0 radical (unpaired) electrons. The highest BCUT2D eigenvalue weighted by molar-refractivity contribution is 5.92. The standard InChI is InChI=1S/C14H23N5O2/c1-2-16-13(20)11-3-6-19(7-4-11)14(21)12-9-18(8-5-15)10-17-12/h9-11H,2-8,15H2,1H3,(H,16,20). The lowest BCUT2D eigenvalue weighted by molar-refractivity contribution is -0.126. The van der Waals surface area contributed by atoms with Crippen molar-refractivity contribution in [1.29, 1.82) is 0 Å². The molecule has 1 aromatic rings. The maximum Gasteiger partial charge on any atom is 0.274 e. The molecule has 2 amide bonds. The van der Waals surface area contributed by atoms with E-state index in [0.29, 0.717) is 51.3 Å².